The molecule has 0 saturated heterocycles. The van der Waals surface area contributed by atoms with Crippen molar-refractivity contribution in [2.45, 2.75) is 19.0 Å². The van der Waals surface area contributed by atoms with E-state index in [0.717, 1.165) is 11.4 Å². The number of benzene rings is 2. The van der Waals surface area contributed by atoms with Crippen LogP contribution in [0.25, 0.3) is 11.4 Å². The number of nitrogens with zero attached hydrogens (tertiary/aromatic N) is 3. The molecule has 0 saturated carbocycles. The molecule has 8 heteroatoms. The fourth-order valence-corrected chi connectivity index (χ4v) is 3.49. The highest BCUT2D eigenvalue weighted by Gasteiger charge is 2.15. The van der Waals surface area contributed by atoms with Crippen LogP contribution in [0.1, 0.15) is 24.2 Å². The predicted octanol–water partition coefficient (Wildman–Crippen LogP) is 3.60. The van der Waals surface area contributed by atoms with E-state index in [0.29, 0.717) is 28.9 Å². The molecular weight excluding hydrogens is 398 g/mol. The van der Waals surface area contributed by atoms with E-state index in [1.165, 1.54) is 11.8 Å². The molecule has 3 aromatic rings. The molecule has 0 aliphatic rings. The van der Waals surface area contributed by atoms with E-state index in [9.17, 15) is 9.59 Å². The van der Waals surface area contributed by atoms with Crippen LogP contribution in [0.2, 0.25) is 0 Å². The molecule has 0 radical (unpaired) electrons. The number of hydrogen-bond donors (Lipinski definition) is 2. The first-order valence-corrected chi connectivity index (χ1v) is 10.7. The second-order valence-electron chi connectivity index (χ2n) is 7.22. The van der Waals surface area contributed by atoms with Gasteiger partial charge in [0.1, 0.15) is 0 Å². The van der Waals surface area contributed by atoms with Crippen LogP contribution < -0.4 is 10.6 Å². The van der Waals surface area contributed by atoms with Crippen molar-refractivity contribution in [2.75, 3.05) is 17.6 Å². The molecule has 0 fully saturated rings. The van der Waals surface area contributed by atoms with Crippen LogP contribution in [0.4, 0.5) is 5.69 Å². The number of amides is 2. The van der Waals surface area contributed by atoms with Crippen molar-refractivity contribution < 1.29 is 9.59 Å². The summed E-state index contributed by atoms with van der Waals surface area (Å²) in [5, 5.41) is 14.8. The number of aromatic nitrogens is 3. The highest BCUT2D eigenvalue weighted by Crippen LogP contribution is 2.23. The van der Waals surface area contributed by atoms with Gasteiger partial charge in [0, 0.05) is 19.2 Å². The fourth-order valence-electron chi connectivity index (χ4n) is 2.78. The third-order valence-electron chi connectivity index (χ3n) is 4.32. The topological polar surface area (TPSA) is 88.9 Å². The molecule has 2 amide bonds. The predicted molar refractivity (Wildman–Crippen MR) is 119 cm³/mol. The van der Waals surface area contributed by atoms with E-state index >= 15 is 0 Å². The molecule has 0 bridgehead atoms. The van der Waals surface area contributed by atoms with Crippen molar-refractivity contribution >= 4 is 29.3 Å². The third-order valence-corrected chi connectivity index (χ3v) is 5.34. The molecule has 0 aliphatic heterocycles. The Labute approximate surface area is 180 Å². The lowest BCUT2D eigenvalue weighted by molar-refractivity contribution is -0.113. The van der Waals surface area contributed by atoms with Gasteiger partial charge in [-0.15, -0.1) is 10.2 Å². The molecule has 1 aromatic heterocycles. The molecule has 1 heterocycles. The number of hydrogen-bond acceptors (Lipinski definition) is 5. The quantitative estimate of drug-likeness (QED) is 0.541. The standard InChI is InChI=1S/C22H25N5O2S/c1-15(2)13-23-21(29)17-11-7-8-12-18(17)24-19(28)14-30-22-26-25-20(27(22)3)16-9-5-4-6-10-16/h4-12,15H,13-14H2,1-3H3,(H,23,29)(H,24,28). The second-order valence-corrected chi connectivity index (χ2v) is 8.16. The molecule has 0 atom stereocenters. The zero-order chi connectivity index (χ0) is 21.5. The Bertz CT molecular complexity index is 1020. The zero-order valence-corrected chi connectivity index (χ0v) is 18.1. The van der Waals surface area contributed by atoms with Crippen molar-refractivity contribution in [3.63, 3.8) is 0 Å². The lowest BCUT2D eigenvalue weighted by Crippen LogP contribution is -2.28. The third kappa shape index (κ3) is 5.48. The van der Waals surface area contributed by atoms with Gasteiger partial charge in [-0.3, -0.25) is 9.59 Å². The Morgan fingerprint density at radius 3 is 2.47 bits per heavy atom. The summed E-state index contributed by atoms with van der Waals surface area (Å²) in [5.41, 5.74) is 1.90. The largest absolute Gasteiger partial charge is 0.352 e. The summed E-state index contributed by atoms with van der Waals surface area (Å²) >= 11 is 1.30. The van der Waals surface area contributed by atoms with E-state index in [4.69, 9.17) is 0 Å². The first-order chi connectivity index (χ1) is 14.5. The van der Waals surface area contributed by atoms with Gasteiger partial charge < -0.3 is 15.2 Å². The SMILES string of the molecule is CC(C)CNC(=O)c1ccccc1NC(=O)CSc1nnc(-c2ccccc2)n1C. The number of para-hydroxylation sites is 1. The van der Waals surface area contributed by atoms with Crippen molar-refractivity contribution in [2.24, 2.45) is 13.0 Å². The molecule has 2 aromatic carbocycles. The number of rotatable bonds is 8. The maximum Gasteiger partial charge on any atom is 0.253 e. The van der Waals surface area contributed by atoms with Crippen LogP contribution in [0.5, 0.6) is 0 Å². The summed E-state index contributed by atoms with van der Waals surface area (Å²) in [6.45, 7) is 4.63. The van der Waals surface area contributed by atoms with Crippen LogP contribution in [-0.4, -0.2) is 38.9 Å². The first-order valence-electron chi connectivity index (χ1n) is 9.70. The normalized spacial score (nSPS) is 10.8. The van der Waals surface area contributed by atoms with E-state index in [1.54, 1.807) is 24.3 Å². The van der Waals surface area contributed by atoms with Crippen molar-refractivity contribution in [3.8, 4) is 11.4 Å². The van der Waals surface area contributed by atoms with Gasteiger partial charge in [-0.1, -0.05) is 68.1 Å². The minimum absolute atomic E-state index is 0.155. The summed E-state index contributed by atoms with van der Waals surface area (Å²) in [6.07, 6.45) is 0. The lowest BCUT2D eigenvalue weighted by atomic mass is 10.1. The highest BCUT2D eigenvalue weighted by molar-refractivity contribution is 7.99. The maximum atomic E-state index is 12.5. The number of anilines is 1. The number of carbonyl (C=O) groups excluding carboxylic acids is 2. The number of thioether (sulfide) groups is 1. The van der Waals surface area contributed by atoms with Gasteiger partial charge in [-0.05, 0) is 18.1 Å². The molecule has 2 N–H and O–H groups in total. The zero-order valence-electron chi connectivity index (χ0n) is 17.3. The van der Waals surface area contributed by atoms with E-state index in [2.05, 4.69) is 20.8 Å². The number of carbonyl (C=O) groups is 2. The van der Waals surface area contributed by atoms with Crippen LogP contribution >= 0.6 is 11.8 Å². The molecule has 0 aliphatic carbocycles. The Morgan fingerprint density at radius 1 is 1.03 bits per heavy atom. The Kier molecular flexibility index (Phi) is 7.24. The minimum atomic E-state index is -0.214. The van der Waals surface area contributed by atoms with Gasteiger partial charge in [-0.2, -0.15) is 0 Å². The second kappa shape index (κ2) is 10.1. The average molecular weight is 424 g/mol. The molecule has 0 spiro atoms. The molecular formula is C22H25N5O2S. The van der Waals surface area contributed by atoms with Gasteiger partial charge in [0.2, 0.25) is 5.91 Å². The fraction of sp³-hybridized carbons (Fsp3) is 0.273. The molecule has 3 rings (SSSR count). The van der Waals surface area contributed by atoms with E-state index in [-0.39, 0.29) is 17.6 Å². The van der Waals surface area contributed by atoms with Crippen molar-refractivity contribution in [3.05, 3.63) is 60.2 Å². The molecule has 7 nitrogen and oxygen atoms in total. The smallest absolute Gasteiger partial charge is 0.253 e. The summed E-state index contributed by atoms with van der Waals surface area (Å²) in [6, 6.07) is 16.8. The molecule has 156 valence electrons. The Balaban J connectivity index is 1.62. The summed E-state index contributed by atoms with van der Waals surface area (Å²) in [5.74, 6) is 0.828. The van der Waals surface area contributed by atoms with Crippen molar-refractivity contribution in [1.29, 1.82) is 0 Å². The lowest BCUT2D eigenvalue weighted by Gasteiger charge is -2.12. The first kappa shape index (κ1) is 21.6. The maximum absolute atomic E-state index is 12.5. The van der Waals surface area contributed by atoms with E-state index < -0.39 is 0 Å². The minimum Gasteiger partial charge on any atom is -0.352 e. The van der Waals surface area contributed by atoms with E-state index in [1.807, 2.05) is 55.8 Å². The van der Waals surface area contributed by atoms with Gasteiger partial charge in [-0.25, -0.2) is 0 Å². The Morgan fingerprint density at radius 2 is 1.73 bits per heavy atom. The van der Waals surface area contributed by atoms with Crippen LogP contribution in [-0.2, 0) is 11.8 Å². The van der Waals surface area contributed by atoms with Crippen LogP contribution in [0, 0.1) is 5.92 Å². The van der Waals surface area contributed by atoms with Crippen LogP contribution in [0.3, 0.4) is 0 Å². The van der Waals surface area contributed by atoms with Gasteiger partial charge in [0.05, 0.1) is 17.0 Å². The van der Waals surface area contributed by atoms with Crippen molar-refractivity contribution in [1.82, 2.24) is 20.1 Å². The van der Waals surface area contributed by atoms with Crippen LogP contribution in [0.15, 0.2) is 59.8 Å². The molecule has 30 heavy (non-hydrogen) atoms. The van der Waals surface area contributed by atoms with Gasteiger partial charge >= 0.3 is 0 Å². The van der Waals surface area contributed by atoms with Gasteiger partial charge in [0.15, 0.2) is 11.0 Å². The summed E-state index contributed by atoms with van der Waals surface area (Å²) in [7, 11) is 1.87. The highest BCUT2D eigenvalue weighted by atomic mass is 32.2. The molecule has 0 unspecified atom stereocenters. The summed E-state index contributed by atoms with van der Waals surface area (Å²) in [4.78, 5) is 24.9. The summed E-state index contributed by atoms with van der Waals surface area (Å²) < 4.78 is 1.86. The number of nitrogens with one attached hydrogen (secondary N) is 2. The average Bonchev–Trinajstić information content (AvgIpc) is 3.12. The Hall–Kier alpha value is -3.13. The van der Waals surface area contributed by atoms with Gasteiger partial charge in [0.25, 0.3) is 5.91 Å². The monoisotopic (exact) mass is 423 g/mol.